The van der Waals surface area contributed by atoms with E-state index < -0.39 is 0 Å². The summed E-state index contributed by atoms with van der Waals surface area (Å²) < 4.78 is 1.59. The first kappa shape index (κ1) is 11.4. The van der Waals surface area contributed by atoms with E-state index in [-0.39, 0.29) is 6.03 Å². The van der Waals surface area contributed by atoms with Gasteiger partial charge in [0.25, 0.3) is 0 Å². The molecule has 0 unspecified atom stereocenters. The molecule has 17 heavy (non-hydrogen) atoms. The molecule has 0 atom stereocenters. The van der Waals surface area contributed by atoms with E-state index >= 15 is 0 Å². The van der Waals surface area contributed by atoms with Crippen molar-refractivity contribution in [1.82, 2.24) is 9.47 Å². The fourth-order valence-corrected chi connectivity index (χ4v) is 1.78. The molecule has 0 spiro atoms. The van der Waals surface area contributed by atoms with Crippen LogP contribution in [0.5, 0.6) is 0 Å². The molecule has 1 amide bonds. The van der Waals surface area contributed by atoms with Crippen LogP contribution in [0.25, 0.3) is 10.9 Å². The molecule has 0 radical (unpaired) electrons. The van der Waals surface area contributed by atoms with Gasteiger partial charge in [-0.3, -0.25) is 4.57 Å². The second-order valence-electron chi connectivity index (χ2n) is 4.13. The van der Waals surface area contributed by atoms with E-state index in [4.69, 9.17) is 0 Å². The Morgan fingerprint density at radius 2 is 2.12 bits per heavy atom. The third kappa shape index (κ3) is 2.06. The van der Waals surface area contributed by atoms with E-state index in [2.05, 4.69) is 0 Å². The summed E-state index contributed by atoms with van der Waals surface area (Å²) in [5.41, 5.74) is 1.75. The molecule has 0 N–H and O–H groups in total. The molecule has 0 fully saturated rings. The number of hydrogen-bond acceptors (Lipinski definition) is 2. The van der Waals surface area contributed by atoms with Crippen molar-refractivity contribution in [3.63, 3.8) is 0 Å². The largest absolute Gasteiger partial charge is 0.330 e. The first-order valence-electron chi connectivity index (χ1n) is 5.39. The highest BCUT2D eigenvalue weighted by Gasteiger charge is 2.10. The van der Waals surface area contributed by atoms with Gasteiger partial charge in [0, 0.05) is 32.1 Å². The lowest BCUT2D eigenvalue weighted by atomic mass is 10.1. The van der Waals surface area contributed by atoms with Crippen LogP contribution in [0.4, 0.5) is 4.79 Å². The molecule has 1 heterocycles. The summed E-state index contributed by atoms with van der Waals surface area (Å²) in [6.45, 7) is 0. The number of carbonyl (C=O) groups excluding carboxylic acids is 2. The Hall–Kier alpha value is -2.10. The maximum absolute atomic E-state index is 11.9. The zero-order valence-electron chi connectivity index (χ0n) is 9.88. The predicted molar refractivity (Wildman–Crippen MR) is 66.2 cm³/mol. The third-order valence-electron chi connectivity index (χ3n) is 2.67. The van der Waals surface area contributed by atoms with Gasteiger partial charge in [-0.2, -0.15) is 0 Å². The molecule has 0 aliphatic carbocycles. The monoisotopic (exact) mass is 230 g/mol. The van der Waals surface area contributed by atoms with Crippen LogP contribution in [0.2, 0.25) is 0 Å². The van der Waals surface area contributed by atoms with Crippen LogP contribution >= 0.6 is 0 Å². The van der Waals surface area contributed by atoms with Crippen LogP contribution < -0.4 is 0 Å². The van der Waals surface area contributed by atoms with Gasteiger partial charge < -0.3 is 9.69 Å². The van der Waals surface area contributed by atoms with Crippen LogP contribution in [-0.4, -0.2) is 35.9 Å². The Balaban J connectivity index is 2.53. The zero-order valence-corrected chi connectivity index (χ0v) is 9.88. The van der Waals surface area contributed by atoms with E-state index in [0.717, 1.165) is 22.8 Å². The normalized spacial score (nSPS) is 10.5. The highest BCUT2D eigenvalue weighted by atomic mass is 16.2. The van der Waals surface area contributed by atoms with E-state index in [0.29, 0.717) is 6.42 Å². The van der Waals surface area contributed by atoms with Crippen molar-refractivity contribution in [2.45, 2.75) is 6.42 Å². The van der Waals surface area contributed by atoms with Gasteiger partial charge in [0.2, 0.25) is 0 Å². The van der Waals surface area contributed by atoms with Crippen molar-refractivity contribution in [1.29, 1.82) is 0 Å². The Morgan fingerprint density at radius 3 is 2.76 bits per heavy atom. The molecule has 0 bridgehead atoms. The highest BCUT2D eigenvalue weighted by Crippen LogP contribution is 2.18. The van der Waals surface area contributed by atoms with E-state index in [1.54, 1.807) is 24.9 Å². The van der Waals surface area contributed by atoms with Crippen molar-refractivity contribution in [3.05, 3.63) is 36.0 Å². The average Bonchev–Trinajstić information content (AvgIpc) is 2.71. The number of carbonyl (C=O) groups is 2. The highest BCUT2D eigenvalue weighted by molar-refractivity contribution is 5.92. The second kappa shape index (κ2) is 4.41. The van der Waals surface area contributed by atoms with Gasteiger partial charge in [-0.05, 0) is 17.7 Å². The number of fused-ring (bicyclic) bond motifs is 1. The molecular formula is C13H14N2O2. The summed E-state index contributed by atoms with van der Waals surface area (Å²) in [5.74, 6) is 0. The number of nitrogens with zero attached hydrogens (tertiary/aromatic N) is 2. The summed E-state index contributed by atoms with van der Waals surface area (Å²) in [6, 6.07) is 7.50. The van der Waals surface area contributed by atoms with Crippen molar-refractivity contribution >= 4 is 23.2 Å². The van der Waals surface area contributed by atoms with Crippen LogP contribution in [-0.2, 0) is 11.2 Å². The lowest BCUT2D eigenvalue weighted by Gasteiger charge is -2.12. The van der Waals surface area contributed by atoms with E-state index in [1.807, 2.05) is 24.3 Å². The minimum atomic E-state index is -0.0942. The van der Waals surface area contributed by atoms with Crippen molar-refractivity contribution in [2.75, 3.05) is 14.1 Å². The summed E-state index contributed by atoms with van der Waals surface area (Å²) in [4.78, 5) is 23.9. The molecule has 0 aliphatic rings. The van der Waals surface area contributed by atoms with Gasteiger partial charge in [0.15, 0.2) is 0 Å². The SMILES string of the molecule is CN(C)C(=O)n1ccc2ccc(CC=O)cc21. The van der Waals surface area contributed by atoms with Crippen molar-refractivity contribution in [3.8, 4) is 0 Å². The standard InChI is InChI=1S/C13H14N2O2/c1-14(2)13(17)15-7-5-11-4-3-10(6-8-16)9-12(11)15/h3-5,7-9H,6H2,1-2H3. The number of hydrogen-bond donors (Lipinski definition) is 0. The van der Waals surface area contributed by atoms with E-state index in [9.17, 15) is 9.59 Å². The minimum absolute atomic E-state index is 0.0942. The van der Waals surface area contributed by atoms with Crippen molar-refractivity contribution in [2.24, 2.45) is 0 Å². The molecular weight excluding hydrogens is 216 g/mol. The van der Waals surface area contributed by atoms with Crippen LogP contribution in [0.3, 0.4) is 0 Å². The summed E-state index contributed by atoms with van der Waals surface area (Å²) >= 11 is 0. The molecule has 0 saturated carbocycles. The van der Waals surface area contributed by atoms with Crippen LogP contribution in [0.15, 0.2) is 30.5 Å². The minimum Gasteiger partial charge on any atom is -0.330 e. The molecule has 0 saturated heterocycles. The fourth-order valence-electron chi connectivity index (χ4n) is 1.78. The number of aldehydes is 1. The van der Waals surface area contributed by atoms with Gasteiger partial charge in [0.05, 0.1) is 5.52 Å². The second-order valence-corrected chi connectivity index (χ2v) is 4.13. The number of amides is 1. The fraction of sp³-hybridized carbons (Fsp3) is 0.231. The molecule has 2 aromatic rings. The lowest BCUT2D eigenvalue weighted by molar-refractivity contribution is -0.107. The average molecular weight is 230 g/mol. The van der Waals surface area contributed by atoms with Gasteiger partial charge in [0.1, 0.15) is 6.29 Å². The summed E-state index contributed by atoms with van der Waals surface area (Å²) in [6.07, 6.45) is 2.98. The lowest BCUT2D eigenvalue weighted by Crippen LogP contribution is -2.26. The molecule has 88 valence electrons. The third-order valence-corrected chi connectivity index (χ3v) is 2.67. The number of aromatic nitrogens is 1. The van der Waals surface area contributed by atoms with E-state index in [1.165, 1.54) is 4.90 Å². The first-order valence-corrected chi connectivity index (χ1v) is 5.39. The first-order chi connectivity index (χ1) is 8.13. The Kier molecular flexibility index (Phi) is 2.95. The van der Waals surface area contributed by atoms with Crippen LogP contribution in [0.1, 0.15) is 5.56 Å². The number of benzene rings is 1. The van der Waals surface area contributed by atoms with Gasteiger partial charge in [-0.1, -0.05) is 12.1 Å². The molecule has 1 aromatic heterocycles. The summed E-state index contributed by atoms with van der Waals surface area (Å²) in [7, 11) is 3.42. The smallest absolute Gasteiger partial charge is 0.328 e. The Labute approximate surface area is 99.4 Å². The Morgan fingerprint density at radius 1 is 1.35 bits per heavy atom. The molecule has 4 nitrogen and oxygen atoms in total. The molecule has 0 aliphatic heterocycles. The van der Waals surface area contributed by atoms with Gasteiger partial charge in [-0.15, -0.1) is 0 Å². The maximum atomic E-state index is 11.9. The maximum Gasteiger partial charge on any atom is 0.328 e. The topological polar surface area (TPSA) is 42.3 Å². The van der Waals surface area contributed by atoms with Gasteiger partial charge in [-0.25, -0.2) is 4.79 Å². The Bertz CT molecular complexity index is 570. The predicted octanol–water partition coefficient (Wildman–Crippen LogP) is 1.91. The summed E-state index contributed by atoms with van der Waals surface area (Å²) in [5, 5.41) is 0.995. The molecule has 4 heteroatoms. The van der Waals surface area contributed by atoms with Crippen molar-refractivity contribution < 1.29 is 9.59 Å². The van der Waals surface area contributed by atoms with Gasteiger partial charge >= 0.3 is 6.03 Å². The molecule has 2 rings (SSSR count). The number of rotatable bonds is 2. The van der Waals surface area contributed by atoms with Crippen LogP contribution in [0, 0.1) is 0 Å². The zero-order chi connectivity index (χ0) is 12.4. The quantitative estimate of drug-likeness (QED) is 0.739. The molecule has 1 aromatic carbocycles.